The van der Waals surface area contributed by atoms with E-state index in [1.54, 1.807) is 6.07 Å². The first-order valence-corrected chi connectivity index (χ1v) is 8.83. The lowest BCUT2D eigenvalue weighted by Crippen LogP contribution is -2.28. The average Bonchev–Trinajstić information content (AvgIpc) is 2.94. The third-order valence-corrected chi connectivity index (χ3v) is 5.32. The highest BCUT2D eigenvalue weighted by molar-refractivity contribution is 7.89. The third kappa shape index (κ3) is 3.33. The van der Waals surface area contributed by atoms with Gasteiger partial charge < -0.3 is 9.67 Å². The molecule has 5 nitrogen and oxygen atoms in total. The number of benzene rings is 2. The van der Waals surface area contributed by atoms with Gasteiger partial charge in [-0.2, -0.15) is 0 Å². The predicted molar refractivity (Wildman–Crippen MR) is 89.5 cm³/mol. The molecule has 7 heteroatoms. The van der Waals surface area contributed by atoms with Gasteiger partial charge in [0.1, 0.15) is 5.82 Å². The van der Waals surface area contributed by atoms with E-state index >= 15 is 0 Å². The van der Waals surface area contributed by atoms with Gasteiger partial charge in [0.25, 0.3) is 0 Å². The monoisotopic (exact) mass is 348 g/mol. The topological polar surface area (TPSA) is 71.3 Å². The first kappa shape index (κ1) is 16.6. The van der Waals surface area contributed by atoms with E-state index in [9.17, 15) is 17.9 Å². The van der Waals surface area contributed by atoms with E-state index < -0.39 is 21.9 Å². The van der Waals surface area contributed by atoms with Gasteiger partial charge in [0.2, 0.25) is 10.0 Å². The quantitative estimate of drug-likeness (QED) is 0.743. The number of hydrogen-bond acceptors (Lipinski definition) is 3. The lowest BCUT2D eigenvalue weighted by molar-refractivity contribution is 0.182. The molecule has 1 unspecified atom stereocenters. The molecule has 2 N–H and O–H groups in total. The summed E-state index contributed by atoms with van der Waals surface area (Å²) in [6.45, 7) is -0.169. The molecule has 0 spiro atoms. The molecule has 3 aromatic rings. The molecule has 24 heavy (non-hydrogen) atoms. The molecule has 0 bridgehead atoms. The molecule has 1 aromatic heterocycles. The van der Waals surface area contributed by atoms with Crippen LogP contribution in [0.1, 0.15) is 11.7 Å². The van der Waals surface area contributed by atoms with Crippen LogP contribution >= 0.6 is 0 Å². The van der Waals surface area contributed by atoms with Gasteiger partial charge in [-0.25, -0.2) is 17.5 Å². The minimum atomic E-state index is -3.80. The van der Waals surface area contributed by atoms with Crippen molar-refractivity contribution in [2.45, 2.75) is 11.0 Å². The first-order valence-electron chi connectivity index (χ1n) is 7.35. The second-order valence-corrected chi connectivity index (χ2v) is 7.33. The summed E-state index contributed by atoms with van der Waals surface area (Å²) in [4.78, 5) is -0.0467. The SMILES string of the molecule is Cn1ccc2cc(C(O)CNS(=O)(=O)c3ccc(F)cc3)ccc21. The maximum Gasteiger partial charge on any atom is 0.240 e. The maximum absolute atomic E-state index is 12.9. The molecule has 0 aliphatic heterocycles. The van der Waals surface area contributed by atoms with Gasteiger partial charge in [-0.3, -0.25) is 0 Å². The van der Waals surface area contributed by atoms with Crippen molar-refractivity contribution in [1.82, 2.24) is 9.29 Å². The third-order valence-electron chi connectivity index (χ3n) is 3.88. The van der Waals surface area contributed by atoms with Gasteiger partial charge >= 0.3 is 0 Å². The van der Waals surface area contributed by atoms with Crippen molar-refractivity contribution in [2.75, 3.05) is 6.54 Å². The van der Waals surface area contributed by atoms with Crippen molar-refractivity contribution in [1.29, 1.82) is 0 Å². The number of halogens is 1. The number of nitrogens with zero attached hydrogens (tertiary/aromatic N) is 1. The number of rotatable bonds is 5. The molecule has 3 rings (SSSR count). The number of fused-ring (bicyclic) bond motifs is 1. The van der Waals surface area contributed by atoms with Crippen molar-refractivity contribution in [3.05, 3.63) is 66.1 Å². The van der Waals surface area contributed by atoms with Gasteiger partial charge in [0, 0.05) is 25.3 Å². The number of aryl methyl sites for hydroxylation is 1. The summed E-state index contributed by atoms with van der Waals surface area (Å²) in [7, 11) is -1.87. The number of aromatic nitrogens is 1. The van der Waals surface area contributed by atoms with Gasteiger partial charge in [-0.05, 0) is 53.4 Å². The maximum atomic E-state index is 12.9. The summed E-state index contributed by atoms with van der Waals surface area (Å²) in [5.41, 5.74) is 1.65. The minimum Gasteiger partial charge on any atom is -0.387 e. The van der Waals surface area contributed by atoms with Crippen molar-refractivity contribution in [3.8, 4) is 0 Å². The molecule has 1 atom stereocenters. The Kier molecular flexibility index (Phi) is 4.40. The molecular weight excluding hydrogens is 331 g/mol. The van der Waals surface area contributed by atoms with Crippen LogP contribution in [-0.2, 0) is 17.1 Å². The molecule has 126 valence electrons. The first-order chi connectivity index (χ1) is 11.4. The molecular formula is C17H17FN2O3S. The molecule has 0 radical (unpaired) electrons. The predicted octanol–water partition coefficient (Wildman–Crippen LogP) is 2.33. The van der Waals surface area contributed by atoms with Gasteiger partial charge in [-0.15, -0.1) is 0 Å². The van der Waals surface area contributed by atoms with Gasteiger partial charge in [0.15, 0.2) is 0 Å². The van der Waals surface area contributed by atoms with Crippen molar-refractivity contribution in [2.24, 2.45) is 7.05 Å². The number of hydrogen-bond donors (Lipinski definition) is 2. The highest BCUT2D eigenvalue weighted by Gasteiger charge is 2.17. The minimum absolute atomic E-state index is 0.0467. The number of aliphatic hydroxyl groups is 1. The fourth-order valence-electron chi connectivity index (χ4n) is 2.51. The zero-order valence-electron chi connectivity index (χ0n) is 13.0. The normalized spacial score (nSPS) is 13.3. The van der Waals surface area contributed by atoms with Crippen molar-refractivity contribution >= 4 is 20.9 Å². The van der Waals surface area contributed by atoms with Crippen molar-refractivity contribution in [3.63, 3.8) is 0 Å². The largest absolute Gasteiger partial charge is 0.387 e. The Bertz CT molecular complexity index is 965. The Hall–Kier alpha value is -2.22. The van der Waals surface area contributed by atoms with Crippen LogP contribution in [0.15, 0.2) is 59.6 Å². The highest BCUT2D eigenvalue weighted by Crippen LogP contribution is 2.21. The molecule has 0 fully saturated rings. The van der Waals surface area contributed by atoms with E-state index in [1.807, 2.05) is 36.0 Å². The lowest BCUT2D eigenvalue weighted by Gasteiger charge is -2.13. The molecule has 0 saturated carbocycles. The summed E-state index contributed by atoms with van der Waals surface area (Å²) in [5, 5.41) is 11.2. The van der Waals surface area contributed by atoms with Crippen LogP contribution in [0.25, 0.3) is 10.9 Å². The second kappa shape index (κ2) is 6.35. The fraction of sp³-hybridized carbons (Fsp3) is 0.176. The number of sulfonamides is 1. The standard InChI is InChI=1S/C17H17FN2O3S/c1-20-9-8-12-10-13(2-7-16(12)20)17(21)11-19-24(22,23)15-5-3-14(18)4-6-15/h2-10,17,19,21H,11H2,1H3. The van der Waals surface area contributed by atoms with E-state index in [0.717, 1.165) is 23.0 Å². The van der Waals surface area contributed by atoms with E-state index in [1.165, 1.54) is 12.1 Å². The Labute approximate surface area is 139 Å². The highest BCUT2D eigenvalue weighted by atomic mass is 32.2. The van der Waals surface area contributed by atoms with E-state index in [-0.39, 0.29) is 11.4 Å². The summed E-state index contributed by atoms with van der Waals surface area (Å²) < 4.78 is 41.5. The van der Waals surface area contributed by atoms with Crippen LogP contribution in [-0.4, -0.2) is 24.6 Å². The lowest BCUT2D eigenvalue weighted by atomic mass is 10.1. The zero-order valence-corrected chi connectivity index (χ0v) is 13.8. The van der Waals surface area contributed by atoms with Gasteiger partial charge in [-0.1, -0.05) is 6.07 Å². The summed E-state index contributed by atoms with van der Waals surface area (Å²) in [6.07, 6.45) is 0.933. The fourth-order valence-corrected chi connectivity index (χ4v) is 3.55. The molecule has 0 saturated heterocycles. The molecule has 2 aromatic carbocycles. The summed E-state index contributed by atoms with van der Waals surface area (Å²) >= 11 is 0. The van der Waals surface area contributed by atoms with Crippen LogP contribution in [0.5, 0.6) is 0 Å². The number of aliphatic hydroxyl groups excluding tert-OH is 1. The summed E-state index contributed by atoms with van der Waals surface area (Å²) in [5.74, 6) is -0.509. The Morgan fingerprint density at radius 3 is 2.58 bits per heavy atom. The van der Waals surface area contributed by atoms with Crippen LogP contribution in [0.2, 0.25) is 0 Å². The Balaban J connectivity index is 1.73. The Morgan fingerprint density at radius 2 is 1.88 bits per heavy atom. The smallest absolute Gasteiger partial charge is 0.240 e. The molecule has 0 amide bonds. The van der Waals surface area contributed by atoms with Gasteiger partial charge in [0.05, 0.1) is 11.0 Å². The zero-order chi connectivity index (χ0) is 17.3. The Morgan fingerprint density at radius 1 is 1.17 bits per heavy atom. The van der Waals surface area contributed by atoms with E-state index in [4.69, 9.17) is 0 Å². The van der Waals surface area contributed by atoms with E-state index in [0.29, 0.717) is 5.56 Å². The van der Waals surface area contributed by atoms with Crippen LogP contribution < -0.4 is 4.72 Å². The second-order valence-electron chi connectivity index (χ2n) is 5.57. The summed E-state index contributed by atoms with van der Waals surface area (Å²) in [6, 6.07) is 11.9. The molecule has 0 aliphatic carbocycles. The van der Waals surface area contributed by atoms with Crippen molar-refractivity contribution < 1.29 is 17.9 Å². The van der Waals surface area contributed by atoms with Crippen LogP contribution in [0, 0.1) is 5.82 Å². The van der Waals surface area contributed by atoms with Crippen LogP contribution in [0.4, 0.5) is 4.39 Å². The molecule has 1 heterocycles. The molecule has 0 aliphatic rings. The average molecular weight is 348 g/mol. The van der Waals surface area contributed by atoms with Crippen LogP contribution in [0.3, 0.4) is 0 Å². The number of nitrogens with one attached hydrogen (secondary N) is 1. The van der Waals surface area contributed by atoms with E-state index in [2.05, 4.69) is 4.72 Å².